The summed E-state index contributed by atoms with van der Waals surface area (Å²) < 4.78 is 22.7. The molecule has 5 rings (SSSR count). The number of phenols is 2. The Morgan fingerprint density at radius 1 is 1.00 bits per heavy atom. The van der Waals surface area contributed by atoms with E-state index in [1.165, 1.54) is 24.5 Å². The van der Waals surface area contributed by atoms with Crippen molar-refractivity contribution >= 4 is 16.9 Å². The van der Waals surface area contributed by atoms with Gasteiger partial charge in [-0.3, -0.25) is 9.59 Å². The van der Waals surface area contributed by atoms with Crippen molar-refractivity contribution in [3.05, 3.63) is 76.1 Å². The molecular formula is C28H24O8. The van der Waals surface area contributed by atoms with Crippen molar-refractivity contribution in [2.75, 3.05) is 7.11 Å². The number of aromatic hydroxyl groups is 2. The summed E-state index contributed by atoms with van der Waals surface area (Å²) in [6.45, 7) is 3.80. The summed E-state index contributed by atoms with van der Waals surface area (Å²) in [6, 6.07) is 12.7. The van der Waals surface area contributed by atoms with Gasteiger partial charge in [0.2, 0.25) is 5.43 Å². The molecule has 0 bridgehead atoms. The summed E-state index contributed by atoms with van der Waals surface area (Å²) in [7, 11) is 1.55. The highest BCUT2D eigenvalue weighted by Crippen LogP contribution is 2.47. The van der Waals surface area contributed by atoms with Crippen molar-refractivity contribution in [2.45, 2.75) is 32.3 Å². The highest BCUT2D eigenvalue weighted by Gasteiger charge is 2.34. The van der Waals surface area contributed by atoms with E-state index < -0.39 is 17.3 Å². The van der Waals surface area contributed by atoms with Crippen molar-refractivity contribution in [1.82, 2.24) is 0 Å². The number of hydrogen-bond acceptors (Lipinski definition) is 8. The number of methoxy groups -OCH3 is 1. The zero-order chi connectivity index (χ0) is 25.6. The van der Waals surface area contributed by atoms with Crippen LogP contribution in [0, 0.1) is 0 Å². The van der Waals surface area contributed by atoms with E-state index in [2.05, 4.69) is 0 Å². The molecule has 184 valence electrons. The Morgan fingerprint density at radius 2 is 1.75 bits per heavy atom. The molecule has 1 aromatic heterocycles. The predicted molar refractivity (Wildman–Crippen MR) is 132 cm³/mol. The van der Waals surface area contributed by atoms with Crippen LogP contribution in [0.25, 0.3) is 22.1 Å². The zero-order valence-corrected chi connectivity index (χ0v) is 19.9. The second kappa shape index (κ2) is 8.96. The molecule has 0 amide bonds. The third kappa shape index (κ3) is 4.00. The molecule has 2 heterocycles. The van der Waals surface area contributed by atoms with Gasteiger partial charge in [0.15, 0.2) is 11.5 Å². The zero-order valence-electron chi connectivity index (χ0n) is 19.9. The number of phenolic OH excluding ortho intramolecular Hbond substituents is 2. The van der Waals surface area contributed by atoms with Crippen LogP contribution >= 0.6 is 0 Å². The highest BCUT2D eigenvalue weighted by atomic mass is 16.5. The fourth-order valence-electron chi connectivity index (χ4n) is 4.51. The number of carbonyl (C=O) groups excluding carboxylic acids is 1. The minimum atomic E-state index is -0.521. The van der Waals surface area contributed by atoms with Crippen LogP contribution in [0.4, 0.5) is 0 Å². The first-order chi connectivity index (χ1) is 17.3. The van der Waals surface area contributed by atoms with E-state index in [1.807, 2.05) is 19.9 Å². The molecule has 8 heteroatoms. The Labute approximate surface area is 206 Å². The van der Waals surface area contributed by atoms with Gasteiger partial charge in [0, 0.05) is 17.5 Å². The monoisotopic (exact) mass is 488 g/mol. The van der Waals surface area contributed by atoms with E-state index >= 15 is 0 Å². The Bertz CT molecular complexity index is 1530. The Balaban J connectivity index is 1.72. The average Bonchev–Trinajstić information content (AvgIpc) is 2.83. The first-order valence-corrected chi connectivity index (χ1v) is 11.4. The van der Waals surface area contributed by atoms with Crippen molar-refractivity contribution in [2.24, 2.45) is 0 Å². The molecule has 36 heavy (non-hydrogen) atoms. The van der Waals surface area contributed by atoms with Crippen LogP contribution in [0.2, 0.25) is 0 Å². The topological polar surface area (TPSA) is 115 Å². The van der Waals surface area contributed by atoms with Crippen LogP contribution < -0.4 is 19.6 Å². The summed E-state index contributed by atoms with van der Waals surface area (Å²) in [5.74, 6) is -0.0971. The molecule has 3 aromatic carbocycles. The summed E-state index contributed by atoms with van der Waals surface area (Å²) >= 11 is 0. The second-order valence-electron chi connectivity index (χ2n) is 8.84. The largest absolute Gasteiger partial charge is 0.508 e. The second-order valence-corrected chi connectivity index (χ2v) is 8.84. The molecule has 0 fully saturated rings. The summed E-state index contributed by atoms with van der Waals surface area (Å²) in [6.07, 6.45) is 1.21. The number of benzene rings is 3. The fourth-order valence-corrected chi connectivity index (χ4v) is 4.51. The van der Waals surface area contributed by atoms with E-state index in [-0.39, 0.29) is 46.3 Å². The lowest BCUT2D eigenvalue weighted by molar-refractivity contribution is -0.135. The average molecular weight is 488 g/mol. The van der Waals surface area contributed by atoms with Crippen molar-refractivity contribution in [3.8, 4) is 39.9 Å². The number of esters is 1. The molecule has 4 aromatic rings. The third-order valence-electron chi connectivity index (χ3n) is 6.10. The molecule has 1 aliphatic heterocycles. The normalized spacial score (nSPS) is 15.0. The minimum Gasteiger partial charge on any atom is -0.508 e. The molecule has 1 aliphatic rings. The van der Waals surface area contributed by atoms with Crippen LogP contribution in [-0.2, 0) is 4.79 Å². The summed E-state index contributed by atoms with van der Waals surface area (Å²) in [5.41, 5.74) is 1.65. The summed E-state index contributed by atoms with van der Waals surface area (Å²) in [4.78, 5) is 26.0. The van der Waals surface area contributed by atoms with Gasteiger partial charge in [0.25, 0.3) is 0 Å². The first kappa shape index (κ1) is 23.3. The van der Waals surface area contributed by atoms with Gasteiger partial charge in [0.1, 0.15) is 34.5 Å². The molecule has 0 saturated heterocycles. The molecule has 0 saturated carbocycles. The lowest BCUT2D eigenvalue weighted by Gasteiger charge is -2.26. The van der Waals surface area contributed by atoms with Crippen LogP contribution in [0.3, 0.4) is 0 Å². The van der Waals surface area contributed by atoms with Gasteiger partial charge < -0.3 is 28.8 Å². The number of fused-ring (bicyclic) bond motifs is 3. The van der Waals surface area contributed by atoms with Gasteiger partial charge in [-0.2, -0.15) is 0 Å². The number of ether oxygens (including phenoxy) is 3. The molecule has 2 N–H and O–H groups in total. The maximum atomic E-state index is 13.5. The molecule has 0 radical (unpaired) electrons. The standard InChI is InChI=1S/C28H24O8/c1-14(2)35-22-10-16(6-9-21(22)33-3)18-11-24(31)36-23-12-20(30)26-27(32)19(13-34-28(26)25(18)23)15-4-7-17(29)8-5-15/h4-10,12-14,18,29-30H,11H2,1-3H3. The lowest BCUT2D eigenvalue weighted by atomic mass is 9.84. The molecule has 0 aliphatic carbocycles. The SMILES string of the molecule is COc1ccc(C2CC(=O)Oc3cc(O)c4c(=O)c(-c5ccc(O)cc5)coc4c32)cc1OC(C)C. The van der Waals surface area contributed by atoms with Crippen molar-refractivity contribution in [3.63, 3.8) is 0 Å². The lowest BCUT2D eigenvalue weighted by Crippen LogP contribution is -2.22. The van der Waals surface area contributed by atoms with Gasteiger partial charge in [0.05, 0.1) is 25.2 Å². The molecule has 1 unspecified atom stereocenters. The summed E-state index contributed by atoms with van der Waals surface area (Å²) in [5, 5.41) is 20.3. The maximum absolute atomic E-state index is 13.5. The van der Waals surface area contributed by atoms with Gasteiger partial charge in [-0.15, -0.1) is 0 Å². The van der Waals surface area contributed by atoms with Crippen LogP contribution in [0.15, 0.2) is 64.0 Å². The highest BCUT2D eigenvalue weighted by molar-refractivity contribution is 5.94. The van der Waals surface area contributed by atoms with Gasteiger partial charge in [-0.25, -0.2) is 0 Å². The van der Waals surface area contributed by atoms with Gasteiger partial charge >= 0.3 is 5.97 Å². The van der Waals surface area contributed by atoms with Gasteiger partial charge in [-0.05, 0) is 49.2 Å². The third-order valence-corrected chi connectivity index (χ3v) is 6.10. The number of carbonyl (C=O) groups is 1. The predicted octanol–water partition coefficient (Wildman–Crippen LogP) is 5.11. The van der Waals surface area contributed by atoms with E-state index in [0.29, 0.717) is 22.6 Å². The van der Waals surface area contributed by atoms with Crippen LogP contribution in [0.1, 0.15) is 37.3 Å². The number of hydrogen-bond donors (Lipinski definition) is 2. The quantitative estimate of drug-likeness (QED) is 0.294. The minimum absolute atomic E-state index is 0.00372. The first-order valence-electron chi connectivity index (χ1n) is 11.4. The van der Waals surface area contributed by atoms with E-state index in [0.717, 1.165) is 5.56 Å². The van der Waals surface area contributed by atoms with Gasteiger partial charge in [-0.1, -0.05) is 18.2 Å². The van der Waals surface area contributed by atoms with Crippen LogP contribution in [-0.4, -0.2) is 29.4 Å². The maximum Gasteiger partial charge on any atom is 0.312 e. The van der Waals surface area contributed by atoms with E-state index in [9.17, 15) is 19.8 Å². The molecule has 8 nitrogen and oxygen atoms in total. The van der Waals surface area contributed by atoms with Crippen molar-refractivity contribution < 1.29 is 33.6 Å². The molecule has 1 atom stereocenters. The van der Waals surface area contributed by atoms with E-state index in [1.54, 1.807) is 31.4 Å². The Morgan fingerprint density at radius 3 is 2.44 bits per heavy atom. The Hall–Kier alpha value is -4.46. The van der Waals surface area contributed by atoms with E-state index in [4.69, 9.17) is 18.6 Å². The Kier molecular flexibility index (Phi) is 5.80. The number of rotatable bonds is 5. The molecular weight excluding hydrogens is 464 g/mol. The smallest absolute Gasteiger partial charge is 0.312 e. The van der Waals surface area contributed by atoms with Crippen molar-refractivity contribution in [1.29, 1.82) is 0 Å². The van der Waals surface area contributed by atoms with Crippen LogP contribution in [0.5, 0.6) is 28.7 Å². The fraction of sp³-hybridized carbons (Fsp3) is 0.214. The molecule has 0 spiro atoms.